The van der Waals surface area contributed by atoms with Crippen LogP contribution < -0.4 is 5.32 Å². The molecule has 1 atom stereocenters. The largest absolute Gasteiger partial charge is 0.314 e. The Morgan fingerprint density at radius 3 is 2.31 bits per heavy atom. The van der Waals surface area contributed by atoms with Crippen LogP contribution in [0.5, 0.6) is 0 Å². The van der Waals surface area contributed by atoms with Gasteiger partial charge in [-0.25, -0.2) is 0 Å². The van der Waals surface area contributed by atoms with Crippen LogP contribution in [0.15, 0.2) is 0 Å². The lowest BCUT2D eigenvalue weighted by atomic mass is 9.92. The van der Waals surface area contributed by atoms with E-state index in [0.717, 1.165) is 12.0 Å². The quantitative estimate of drug-likeness (QED) is 0.628. The smallest absolute Gasteiger partial charge is 0.00645 e. The van der Waals surface area contributed by atoms with Crippen LogP contribution in [0, 0.1) is 5.92 Å². The third-order valence-corrected chi connectivity index (χ3v) is 4.07. The van der Waals surface area contributed by atoms with Crippen molar-refractivity contribution in [3.63, 3.8) is 0 Å². The van der Waals surface area contributed by atoms with Crippen molar-refractivity contribution in [1.29, 1.82) is 0 Å². The standard InChI is InChI=1S/C15H31N/c1-3-13-16-15(4-2)12-11-14-9-7-5-6-8-10-14/h14-16H,3-13H2,1-2H3. The summed E-state index contributed by atoms with van der Waals surface area (Å²) in [5.74, 6) is 1.04. The Hall–Kier alpha value is -0.0400. The summed E-state index contributed by atoms with van der Waals surface area (Å²) in [7, 11) is 0. The highest BCUT2D eigenvalue weighted by molar-refractivity contribution is 4.70. The number of hydrogen-bond acceptors (Lipinski definition) is 1. The van der Waals surface area contributed by atoms with Gasteiger partial charge in [-0.05, 0) is 38.1 Å². The van der Waals surface area contributed by atoms with Crippen molar-refractivity contribution in [2.45, 2.75) is 84.1 Å². The van der Waals surface area contributed by atoms with E-state index in [2.05, 4.69) is 19.2 Å². The topological polar surface area (TPSA) is 12.0 Å². The molecule has 1 saturated carbocycles. The first-order chi connectivity index (χ1) is 7.86. The van der Waals surface area contributed by atoms with E-state index in [4.69, 9.17) is 0 Å². The van der Waals surface area contributed by atoms with Crippen molar-refractivity contribution in [3.05, 3.63) is 0 Å². The summed E-state index contributed by atoms with van der Waals surface area (Å²) in [6, 6.07) is 0.781. The highest BCUT2D eigenvalue weighted by atomic mass is 14.9. The van der Waals surface area contributed by atoms with Crippen LogP contribution in [0.25, 0.3) is 0 Å². The second kappa shape index (κ2) is 9.04. The second-order valence-electron chi connectivity index (χ2n) is 5.49. The van der Waals surface area contributed by atoms with Gasteiger partial charge in [-0.15, -0.1) is 0 Å². The zero-order chi connectivity index (χ0) is 11.6. The first-order valence-electron chi connectivity index (χ1n) is 7.60. The van der Waals surface area contributed by atoms with E-state index in [1.807, 2.05) is 0 Å². The van der Waals surface area contributed by atoms with Crippen LogP contribution in [0.2, 0.25) is 0 Å². The molecule has 0 spiro atoms. The van der Waals surface area contributed by atoms with E-state index in [1.54, 1.807) is 0 Å². The van der Waals surface area contributed by atoms with Crippen molar-refractivity contribution in [1.82, 2.24) is 5.32 Å². The summed E-state index contributed by atoms with van der Waals surface area (Å²) < 4.78 is 0. The van der Waals surface area contributed by atoms with E-state index < -0.39 is 0 Å². The van der Waals surface area contributed by atoms with Gasteiger partial charge >= 0.3 is 0 Å². The van der Waals surface area contributed by atoms with Gasteiger partial charge in [0.2, 0.25) is 0 Å². The molecular formula is C15H31N. The fourth-order valence-electron chi connectivity index (χ4n) is 2.89. The molecule has 0 aromatic rings. The summed E-state index contributed by atoms with van der Waals surface area (Å²) in [6.07, 6.45) is 14.4. The van der Waals surface area contributed by atoms with Gasteiger partial charge < -0.3 is 5.32 Å². The molecular weight excluding hydrogens is 194 g/mol. The third kappa shape index (κ3) is 5.89. The minimum absolute atomic E-state index is 0.781. The SMILES string of the molecule is CCCNC(CC)CCC1CCCCCC1. The first-order valence-corrected chi connectivity index (χ1v) is 7.60. The van der Waals surface area contributed by atoms with Gasteiger partial charge in [-0.3, -0.25) is 0 Å². The van der Waals surface area contributed by atoms with Gasteiger partial charge in [0.25, 0.3) is 0 Å². The fraction of sp³-hybridized carbons (Fsp3) is 1.00. The van der Waals surface area contributed by atoms with Crippen LogP contribution in [-0.4, -0.2) is 12.6 Å². The van der Waals surface area contributed by atoms with Gasteiger partial charge in [0.1, 0.15) is 0 Å². The van der Waals surface area contributed by atoms with Crippen LogP contribution in [-0.2, 0) is 0 Å². The van der Waals surface area contributed by atoms with Gasteiger partial charge in [0, 0.05) is 6.04 Å². The Kier molecular flexibility index (Phi) is 7.92. The number of hydrogen-bond donors (Lipinski definition) is 1. The molecule has 0 amide bonds. The molecule has 1 nitrogen and oxygen atoms in total. The molecule has 0 aromatic heterocycles. The molecule has 0 aliphatic heterocycles. The lowest BCUT2D eigenvalue weighted by Crippen LogP contribution is -2.29. The highest BCUT2D eigenvalue weighted by Gasteiger charge is 2.14. The van der Waals surface area contributed by atoms with E-state index in [0.29, 0.717) is 0 Å². The van der Waals surface area contributed by atoms with Crippen LogP contribution in [0.1, 0.15) is 78.1 Å². The van der Waals surface area contributed by atoms with Crippen molar-refractivity contribution in [2.24, 2.45) is 5.92 Å². The molecule has 1 N–H and O–H groups in total. The van der Waals surface area contributed by atoms with Gasteiger partial charge in [0.15, 0.2) is 0 Å². The van der Waals surface area contributed by atoms with Crippen molar-refractivity contribution in [3.8, 4) is 0 Å². The summed E-state index contributed by atoms with van der Waals surface area (Å²) in [5.41, 5.74) is 0. The van der Waals surface area contributed by atoms with Crippen LogP contribution in [0.3, 0.4) is 0 Å². The summed E-state index contributed by atoms with van der Waals surface area (Å²) in [6.45, 7) is 5.77. The average Bonchev–Trinajstić information content (AvgIpc) is 2.58. The van der Waals surface area contributed by atoms with Gasteiger partial charge in [0.05, 0.1) is 0 Å². The Balaban J connectivity index is 2.14. The number of nitrogens with one attached hydrogen (secondary N) is 1. The van der Waals surface area contributed by atoms with Crippen LogP contribution in [0.4, 0.5) is 0 Å². The normalized spacial score (nSPS) is 20.6. The lowest BCUT2D eigenvalue weighted by molar-refractivity contribution is 0.365. The van der Waals surface area contributed by atoms with Crippen molar-refractivity contribution < 1.29 is 0 Å². The fourth-order valence-corrected chi connectivity index (χ4v) is 2.89. The molecule has 1 fully saturated rings. The summed E-state index contributed by atoms with van der Waals surface area (Å²) in [4.78, 5) is 0. The summed E-state index contributed by atoms with van der Waals surface area (Å²) in [5, 5.41) is 3.67. The molecule has 1 rings (SSSR count). The molecule has 0 bridgehead atoms. The highest BCUT2D eigenvalue weighted by Crippen LogP contribution is 2.27. The van der Waals surface area contributed by atoms with Crippen molar-refractivity contribution in [2.75, 3.05) is 6.54 Å². The molecule has 0 radical (unpaired) electrons. The Bertz CT molecular complexity index is 148. The predicted molar refractivity (Wildman–Crippen MR) is 72.8 cm³/mol. The first kappa shape index (κ1) is 14.0. The minimum atomic E-state index is 0.781. The molecule has 0 saturated heterocycles. The van der Waals surface area contributed by atoms with E-state index >= 15 is 0 Å². The maximum Gasteiger partial charge on any atom is 0.00645 e. The van der Waals surface area contributed by atoms with E-state index in [1.165, 1.54) is 70.8 Å². The molecule has 0 aromatic carbocycles. The molecule has 1 heteroatoms. The summed E-state index contributed by atoms with van der Waals surface area (Å²) >= 11 is 0. The van der Waals surface area contributed by atoms with E-state index in [-0.39, 0.29) is 0 Å². The van der Waals surface area contributed by atoms with Crippen LogP contribution >= 0.6 is 0 Å². The maximum absolute atomic E-state index is 3.67. The Morgan fingerprint density at radius 2 is 1.75 bits per heavy atom. The molecule has 16 heavy (non-hydrogen) atoms. The third-order valence-electron chi connectivity index (χ3n) is 4.07. The molecule has 0 heterocycles. The van der Waals surface area contributed by atoms with Gasteiger partial charge in [-0.2, -0.15) is 0 Å². The predicted octanol–water partition coefficient (Wildman–Crippen LogP) is 4.52. The van der Waals surface area contributed by atoms with Crippen molar-refractivity contribution >= 4 is 0 Å². The molecule has 1 aliphatic carbocycles. The zero-order valence-electron chi connectivity index (χ0n) is 11.4. The molecule has 96 valence electrons. The zero-order valence-corrected chi connectivity index (χ0v) is 11.4. The number of rotatable bonds is 7. The monoisotopic (exact) mass is 225 g/mol. The average molecular weight is 225 g/mol. The van der Waals surface area contributed by atoms with E-state index in [9.17, 15) is 0 Å². The molecule has 1 aliphatic rings. The lowest BCUT2D eigenvalue weighted by Gasteiger charge is -2.20. The minimum Gasteiger partial charge on any atom is -0.314 e. The van der Waals surface area contributed by atoms with Gasteiger partial charge in [-0.1, -0.05) is 52.4 Å². The second-order valence-corrected chi connectivity index (χ2v) is 5.49. The Morgan fingerprint density at radius 1 is 1.06 bits per heavy atom. The molecule has 1 unspecified atom stereocenters. The maximum atomic E-state index is 3.67. The Labute approximate surface area is 102 Å².